The molecule has 0 bridgehead atoms. The molecule has 412 valence electrons. The first kappa shape index (κ1) is 58.5. The number of aliphatic imine (C=N–C) groups is 1. The number of sulfone groups is 1. The van der Waals surface area contributed by atoms with Gasteiger partial charge in [0.1, 0.15) is 5.88 Å². The average Bonchev–Trinajstić information content (AvgIpc) is 3.52. The number of aryl methyl sites for hydroxylation is 1. The van der Waals surface area contributed by atoms with Crippen molar-refractivity contribution in [3.63, 3.8) is 0 Å². The fraction of sp³-hybridized carbons (Fsp3) is 0.274. The minimum atomic E-state index is -3.53. The highest BCUT2D eigenvalue weighted by molar-refractivity contribution is 9.10. The number of sulfonamides is 2. The van der Waals surface area contributed by atoms with Crippen LogP contribution in [0.4, 0.5) is 0 Å². The average molecular weight is 1220 g/mol. The number of hydrogen-bond donors (Lipinski definition) is 2. The summed E-state index contributed by atoms with van der Waals surface area (Å²) in [5, 5.41) is 0. The molecule has 2 N–H and O–H groups in total. The maximum absolute atomic E-state index is 12.7. The van der Waals surface area contributed by atoms with Gasteiger partial charge in [0.15, 0.2) is 9.84 Å². The fourth-order valence-corrected chi connectivity index (χ4v) is 15.1. The van der Waals surface area contributed by atoms with Crippen LogP contribution in [0.15, 0.2) is 208 Å². The molecule has 2 saturated heterocycles. The molecule has 4 aliphatic heterocycles. The molecule has 0 aromatic heterocycles. The van der Waals surface area contributed by atoms with Gasteiger partial charge in [0, 0.05) is 69.3 Å². The number of hydrogen-bond acceptors (Lipinski definition) is 11. The van der Waals surface area contributed by atoms with Crippen LogP contribution in [0, 0.1) is 18.8 Å². The van der Waals surface area contributed by atoms with E-state index in [1.54, 1.807) is 60.3 Å². The second-order valence-electron chi connectivity index (χ2n) is 20.0. The van der Waals surface area contributed by atoms with Gasteiger partial charge >= 0.3 is 0 Å². The Morgan fingerprint density at radius 2 is 0.962 bits per heavy atom. The first-order chi connectivity index (χ1) is 38.0. The second-order valence-corrected chi connectivity index (χ2v) is 28.6. The molecule has 0 spiro atoms. The molecule has 0 amide bonds. The molecule has 4 aliphatic rings. The minimum absolute atomic E-state index is 0.240. The van der Waals surface area contributed by atoms with Crippen LogP contribution in [0.25, 0.3) is 5.57 Å². The highest BCUT2D eigenvalue weighted by atomic mass is 79.9. The summed E-state index contributed by atoms with van der Waals surface area (Å²) in [6.45, 7) is 11.9. The molecule has 7 aromatic rings. The van der Waals surface area contributed by atoms with Crippen molar-refractivity contribution in [3.05, 3.63) is 213 Å². The third-order valence-corrected chi connectivity index (χ3v) is 21.7. The summed E-state index contributed by atoms with van der Waals surface area (Å²) in [4.78, 5) is 10.4. The van der Waals surface area contributed by atoms with Gasteiger partial charge in [-0.1, -0.05) is 124 Å². The summed E-state index contributed by atoms with van der Waals surface area (Å²) >= 11 is 6.88. The Labute approximate surface area is 483 Å². The molecule has 0 saturated carbocycles. The molecule has 11 nitrogen and oxygen atoms in total. The van der Waals surface area contributed by atoms with E-state index in [2.05, 4.69) is 116 Å². The molecule has 17 heteroatoms. The van der Waals surface area contributed by atoms with Gasteiger partial charge in [0.05, 0.1) is 14.7 Å². The van der Waals surface area contributed by atoms with E-state index in [9.17, 15) is 25.3 Å². The summed E-state index contributed by atoms with van der Waals surface area (Å²) < 4.78 is 91.5. The van der Waals surface area contributed by atoms with Gasteiger partial charge in [-0.25, -0.2) is 34.7 Å². The third kappa shape index (κ3) is 15.6. The molecular formula is C62H64BrN3O8S5. The van der Waals surface area contributed by atoms with Crippen molar-refractivity contribution in [3.8, 4) is 0 Å². The lowest BCUT2D eigenvalue weighted by atomic mass is 9.95. The molecule has 79 heavy (non-hydrogen) atoms. The quantitative estimate of drug-likeness (QED) is 0.100. The number of benzene rings is 7. The maximum atomic E-state index is 12.7. The topological polar surface area (TPSA) is 157 Å². The van der Waals surface area contributed by atoms with Gasteiger partial charge in [-0.05, 0) is 194 Å². The summed E-state index contributed by atoms with van der Waals surface area (Å²) in [5.41, 5.74) is 10.8. The molecule has 0 radical (unpaired) electrons. The molecular weight excluding hydrogens is 1150 g/mol. The zero-order valence-electron chi connectivity index (χ0n) is 44.2. The lowest BCUT2D eigenvalue weighted by molar-refractivity contribution is 0.0677. The van der Waals surface area contributed by atoms with Crippen LogP contribution >= 0.6 is 39.5 Å². The molecule has 0 aliphatic carbocycles. The van der Waals surface area contributed by atoms with E-state index in [1.165, 1.54) is 41.8 Å². The number of nitrogens with one attached hydrogen (secondary N) is 2. The normalized spacial score (nSPS) is 15.7. The first-order valence-electron chi connectivity index (χ1n) is 26.3. The van der Waals surface area contributed by atoms with E-state index >= 15 is 0 Å². The Morgan fingerprint density at radius 3 is 1.47 bits per heavy atom. The third-order valence-electron chi connectivity index (χ3n) is 14.3. The Morgan fingerprint density at radius 1 is 0.544 bits per heavy atom. The zero-order chi connectivity index (χ0) is 55.6. The van der Waals surface area contributed by atoms with Crippen LogP contribution in [0.2, 0.25) is 0 Å². The van der Waals surface area contributed by atoms with Gasteiger partial charge in [-0.3, -0.25) is 4.99 Å². The Hall–Kier alpha value is -5.18. The molecule has 7 aromatic carbocycles. The van der Waals surface area contributed by atoms with E-state index in [0.717, 1.165) is 89.8 Å². The van der Waals surface area contributed by atoms with E-state index < -0.39 is 29.9 Å². The smallest absolute Gasteiger partial charge is 0.240 e. The fourth-order valence-electron chi connectivity index (χ4n) is 9.43. The highest BCUT2D eigenvalue weighted by Crippen LogP contribution is 2.42. The Balaban J connectivity index is 0.000000150. The van der Waals surface area contributed by atoms with E-state index in [4.69, 9.17) is 9.47 Å². The van der Waals surface area contributed by atoms with E-state index in [-0.39, 0.29) is 10.8 Å². The lowest BCUT2D eigenvalue weighted by Crippen LogP contribution is -2.32. The monoisotopic (exact) mass is 1220 g/mol. The maximum Gasteiger partial charge on any atom is 0.240 e. The van der Waals surface area contributed by atoms with Crippen LogP contribution in [0.1, 0.15) is 77.1 Å². The van der Waals surface area contributed by atoms with Crippen molar-refractivity contribution in [1.29, 1.82) is 0 Å². The summed E-state index contributed by atoms with van der Waals surface area (Å²) in [6.07, 6.45) is 5.43. The van der Waals surface area contributed by atoms with Crippen LogP contribution in [0.3, 0.4) is 0 Å². The van der Waals surface area contributed by atoms with Crippen molar-refractivity contribution >= 4 is 80.6 Å². The van der Waals surface area contributed by atoms with Crippen molar-refractivity contribution in [1.82, 2.24) is 9.44 Å². The number of halogens is 1. The van der Waals surface area contributed by atoms with Crippen molar-refractivity contribution < 1.29 is 34.7 Å². The van der Waals surface area contributed by atoms with Crippen molar-refractivity contribution in [2.24, 2.45) is 16.8 Å². The largest absolute Gasteiger partial charge is 0.381 e. The van der Waals surface area contributed by atoms with Crippen LogP contribution in [0.5, 0.6) is 0 Å². The number of ether oxygens (including phenoxy) is 2. The van der Waals surface area contributed by atoms with Gasteiger partial charge in [0.25, 0.3) is 0 Å². The molecule has 11 rings (SSSR count). The lowest BCUT2D eigenvalue weighted by Gasteiger charge is -2.22. The minimum Gasteiger partial charge on any atom is -0.381 e. The standard InChI is InChI=1S/C27H27NO3S2.C23H21NO2S2.C12H16BrNO3S/c1-19(22-8-11-27-24(16-22)17-23-4-2-3-5-26(23)32-27)21-6-9-25(10-7-21)33(29,30)28-18-20-12-14-31-15-13-20;1-16-7-10-21(11-8-16)28(25,26)15-24-17(2)18-9-12-23-20(13-18)14-19-5-3-4-6-22(19)27-23;13-11-1-3-12(4-2-11)18(15,16)14-9-10-5-7-17-8-6-10/h2-11,16,20,28H,1,12-15,17-18H2;3-13H,14-15H2,1-2H3;1-4,10,14H,5-9H2. The number of nitrogens with zero attached hydrogens (tertiary/aromatic N) is 1. The van der Waals surface area contributed by atoms with Gasteiger partial charge in [-0.2, -0.15) is 0 Å². The summed E-state index contributed by atoms with van der Waals surface area (Å²) in [6, 6.07) is 50.3. The van der Waals surface area contributed by atoms with Gasteiger partial charge < -0.3 is 9.47 Å². The predicted molar refractivity (Wildman–Crippen MR) is 321 cm³/mol. The first-order valence-corrected chi connectivity index (χ1v) is 33.3. The molecule has 0 unspecified atom stereocenters. The van der Waals surface area contributed by atoms with Crippen molar-refractivity contribution in [2.45, 2.75) is 86.6 Å². The molecule has 2 fully saturated rings. The van der Waals surface area contributed by atoms with E-state index in [1.807, 2.05) is 55.9 Å². The van der Waals surface area contributed by atoms with Crippen LogP contribution in [-0.4, -0.2) is 76.4 Å². The predicted octanol–water partition coefficient (Wildman–Crippen LogP) is 13.0. The zero-order valence-corrected chi connectivity index (χ0v) is 49.9. The summed E-state index contributed by atoms with van der Waals surface area (Å²) in [5.74, 6) is 0.474. The number of rotatable bonds is 14. The Bertz CT molecular complexity index is 3660. The Kier molecular flexibility index (Phi) is 19.7. The SMILES string of the molecule is C=C(c1ccc(S(=O)(=O)NCC2CCOCC2)cc1)c1ccc2c(c1)Cc1ccccc1S2.CC(=NCS(=O)(=O)c1ccc(C)cc1)c1ccc2c(c1)Cc1ccccc1S2.O=S(=O)(NCC1CCOCC1)c1ccc(Br)cc1. The summed E-state index contributed by atoms with van der Waals surface area (Å²) in [7, 11) is -10.3. The number of fused-ring (bicyclic) bond motifs is 4. The van der Waals surface area contributed by atoms with Crippen LogP contribution in [-0.2, 0) is 52.2 Å². The van der Waals surface area contributed by atoms with Gasteiger partial charge in [-0.15, -0.1) is 0 Å². The van der Waals surface area contributed by atoms with E-state index in [0.29, 0.717) is 47.9 Å². The highest BCUT2D eigenvalue weighted by Gasteiger charge is 2.23. The van der Waals surface area contributed by atoms with Crippen molar-refractivity contribution in [2.75, 3.05) is 45.4 Å². The molecule has 0 atom stereocenters. The second kappa shape index (κ2) is 26.6. The van der Waals surface area contributed by atoms with Gasteiger partial charge in [0.2, 0.25) is 20.0 Å². The van der Waals surface area contributed by atoms with Crippen LogP contribution < -0.4 is 9.44 Å². The molecule has 4 heterocycles.